The number of halogens is 2. The fourth-order valence-corrected chi connectivity index (χ4v) is 3.80. The van der Waals surface area contributed by atoms with Gasteiger partial charge >= 0.3 is 0 Å². The van der Waals surface area contributed by atoms with Crippen molar-refractivity contribution in [2.24, 2.45) is 5.92 Å². The lowest BCUT2D eigenvalue weighted by molar-refractivity contribution is -0.122. The van der Waals surface area contributed by atoms with Crippen molar-refractivity contribution in [3.8, 4) is 11.4 Å². The van der Waals surface area contributed by atoms with Gasteiger partial charge in [0, 0.05) is 30.9 Å². The lowest BCUT2D eigenvalue weighted by atomic mass is 10.0. The summed E-state index contributed by atoms with van der Waals surface area (Å²) >= 11 is 0. The molecule has 1 aromatic carbocycles. The number of benzene rings is 1. The number of nitrogens with zero attached hydrogens (tertiary/aromatic N) is 3. The molecular formula is C20H21F2N5O4S. The van der Waals surface area contributed by atoms with Crippen LogP contribution in [0.25, 0.3) is 11.4 Å². The zero-order valence-corrected chi connectivity index (χ0v) is 18.1. The second-order valence-electron chi connectivity index (χ2n) is 7.21. The number of aromatic nitrogens is 3. The lowest BCUT2D eigenvalue weighted by Crippen LogP contribution is -2.35. The standard InChI is InChI=1S/C20H21F2N5O4S/c1-12(2)18(20-26-19(27-31-20)13-4-3-8-23-11-13)25-17(28)7-9-24-32(29,30)14-5-6-15(21)16(22)10-14/h3-6,8,10-12,18,24H,7,9H2,1-2H3,(H,25,28). The summed E-state index contributed by atoms with van der Waals surface area (Å²) in [4.78, 5) is 20.3. The van der Waals surface area contributed by atoms with Crippen LogP contribution < -0.4 is 10.0 Å². The monoisotopic (exact) mass is 465 g/mol. The van der Waals surface area contributed by atoms with Gasteiger partial charge in [0.15, 0.2) is 11.6 Å². The molecule has 3 aromatic rings. The first kappa shape index (κ1) is 23.4. The molecule has 2 N–H and O–H groups in total. The highest BCUT2D eigenvalue weighted by molar-refractivity contribution is 7.89. The highest BCUT2D eigenvalue weighted by Gasteiger charge is 2.25. The van der Waals surface area contributed by atoms with Gasteiger partial charge in [0.2, 0.25) is 27.6 Å². The van der Waals surface area contributed by atoms with Crippen molar-refractivity contribution in [3.05, 3.63) is 60.3 Å². The van der Waals surface area contributed by atoms with Gasteiger partial charge in [0.05, 0.1) is 4.90 Å². The Bertz CT molecular complexity index is 1190. The quantitative estimate of drug-likeness (QED) is 0.497. The molecule has 32 heavy (non-hydrogen) atoms. The molecule has 1 unspecified atom stereocenters. The fourth-order valence-electron chi connectivity index (χ4n) is 2.76. The number of pyridine rings is 1. The first-order valence-corrected chi connectivity index (χ1v) is 11.1. The van der Waals surface area contributed by atoms with E-state index in [0.717, 1.165) is 6.07 Å². The van der Waals surface area contributed by atoms with E-state index in [4.69, 9.17) is 4.52 Å². The van der Waals surface area contributed by atoms with Gasteiger partial charge in [0.25, 0.3) is 0 Å². The summed E-state index contributed by atoms with van der Waals surface area (Å²) in [6.45, 7) is 3.46. The van der Waals surface area contributed by atoms with E-state index in [0.29, 0.717) is 23.5 Å². The van der Waals surface area contributed by atoms with Crippen LogP contribution in [0.1, 0.15) is 32.2 Å². The Labute approximate surface area is 183 Å². The molecule has 2 aromatic heterocycles. The zero-order chi connectivity index (χ0) is 23.3. The molecule has 9 nitrogen and oxygen atoms in total. The molecule has 2 heterocycles. The SMILES string of the molecule is CC(C)C(NC(=O)CCNS(=O)(=O)c1ccc(F)c(F)c1)c1nc(-c2cccnc2)no1. The van der Waals surface area contributed by atoms with Gasteiger partial charge in [-0.15, -0.1) is 0 Å². The van der Waals surface area contributed by atoms with E-state index in [-0.39, 0.29) is 24.8 Å². The van der Waals surface area contributed by atoms with Crippen molar-refractivity contribution >= 4 is 15.9 Å². The van der Waals surface area contributed by atoms with Crippen LogP contribution in [0.2, 0.25) is 0 Å². The maximum absolute atomic E-state index is 13.3. The molecule has 0 bridgehead atoms. The molecule has 0 aliphatic rings. The molecule has 1 atom stereocenters. The third kappa shape index (κ3) is 5.71. The molecule has 170 valence electrons. The summed E-state index contributed by atoms with van der Waals surface area (Å²) in [6.07, 6.45) is 2.99. The van der Waals surface area contributed by atoms with Gasteiger partial charge in [-0.2, -0.15) is 4.98 Å². The molecule has 12 heteroatoms. The van der Waals surface area contributed by atoms with Crippen molar-refractivity contribution in [2.45, 2.75) is 31.2 Å². The normalized spacial score (nSPS) is 12.7. The Morgan fingerprint density at radius 3 is 2.62 bits per heavy atom. The minimum Gasteiger partial charge on any atom is -0.344 e. The van der Waals surface area contributed by atoms with Crippen LogP contribution in [0.15, 0.2) is 52.1 Å². The first-order valence-electron chi connectivity index (χ1n) is 9.65. The Morgan fingerprint density at radius 2 is 1.97 bits per heavy atom. The zero-order valence-electron chi connectivity index (χ0n) is 17.2. The van der Waals surface area contributed by atoms with Crippen molar-refractivity contribution in [2.75, 3.05) is 6.54 Å². The van der Waals surface area contributed by atoms with Gasteiger partial charge in [-0.1, -0.05) is 19.0 Å². The van der Waals surface area contributed by atoms with E-state index in [2.05, 4.69) is 25.2 Å². The highest BCUT2D eigenvalue weighted by atomic mass is 32.2. The van der Waals surface area contributed by atoms with E-state index >= 15 is 0 Å². The van der Waals surface area contributed by atoms with Gasteiger partial charge in [-0.05, 0) is 36.2 Å². The summed E-state index contributed by atoms with van der Waals surface area (Å²) in [5, 5.41) is 6.66. The smallest absolute Gasteiger partial charge is 0.249 e. The minimum atomic E-state index is -4.10. The van der Waals surface area contributed by atoms with Gasteiger partial charge in [-0.25, -0.2) is 21.9 Å². The van der Waals surface area contributed by atoms with Crippen molar-refractivity contribution in [1.29, 1.82) is 0 Å². The molecule has 1 amide bonds. The third-order valence-electron chi connectivity index (χ3n) is 4.46. The van der Waals surface area contributed by atoms with E-state index in [1.165, 1.54) is 0 Å². The second kappa shape index (κ2) is 9.92. The number of amides is 1. The molecule has 0 aliphatic heterocycles. The average Bonchev–Trinajstić information content (AvgIpc) is 3.24. The van der Waals surface area contributed by atoms with Gasteiger partial charge in [0.1, 0.15) is 6.04 Å². The topological polar surface area (TPSA) is 127 Å². The summed E-state index contributed by atoms with van der Waals surface area (Å²) in [7, 11) is -4.10. The molecule has 0 spiro atoms. The average molecular weight is 465 g/mol. The first-order chi connectivity index (χ1) is 15.2. The molecule has 3 rings (SSSR count). The Kier molecular flexibility index (Phi) is 7.26. The van der Waals surface area contributed by atoms with Crippen molar-refractivity contribution in [3.63, 3.8) is 0 Å². The fraction of sp³-hybridized carbons (Fsp3) is 0.300. The highest BCUT2D eigenvalue weighted by Crippen LogP contribution is 2.23. The number of carbonyl (C=O) groups is 1. The number of carbonyl (C=O) groups excluding carboxylic acids is 1. The maximum Gasteiger partial charge on any atom is 0.249 e. The number of rotatable bonds is 9. The van der Waals surface area contributed by atoms with Gasteiger partial charge < -0.3 is 9.84 Å². The molecule has 0 aliphatic carbocycles. The lowest BCUT2D eigenvalue weighted by Gasteiger charge is -2.18. The molecule has 0 radical (unpaired) electrons. The van der Waals surface area contributed by atoms with Crippen molar-refractivity contribution in [1.82, 2.24) is 25.2 Å². The minimum absolute atomic E-state index is 0.0972. The maximum atomic E-state index is 13.3. The second-order valence-corrected chi connectivity index (χ2v) is 8.98. The van der Waals surface area contributed by atoms with Crippen LogP contribution in [-0.2, 0) is 14.8 Å². The molecular weight excluding hydrogens is 444 g/mol. The Morgan fingerprint density at radius 1 is 1.19 bits per heavy atom. The predicted molar refractivity (Wildman–Crippen MR) is 109 cm³/mol. The number of sulfonamides is 1. The van der Waals surface area contributed by atoms with Gasteiger partial charge in [-0.3, -0.25) is 9.78 Å². The summed E-state index contributed by atoms with van der Waals surface area (Å²) in [6, 6.07) is 5.13. The van der Waals surface area contributed by atoms with E-state index in [1.807, 2.05) is 13.8 Å². The van der Waals surface area contributed by atoms with Crippen LogP contribution in [0.3, 0.4) is 0 Å². The molecule has 0 fully saturated rings. The predicted octanol–water partition coefficient (Wildman–Crippen LogP) is 2.59. The summed E-state index contributed by atoms with van der Waals surface area (Å²) < 4.78 is 58.2. The van der Waals surface area contributed by atoms with E-state index in [9.17, 15) is 22.0 Å². The van der Waals surface area contributed by atoms with E-state index < -0.39 is 38.5 Å². The largest absolute Gasteiger partial charge is 0.344 e. The van der Waals surface area contributed by atoms with Crippen LogP contribution >= 0.6 is 0 Å². The number of hydrogen-bond acceptors (Lipinski definition) is 7. The summed E-state index contributed by atoms with van der Waals surface area (Å²) in [5.74, 6) is -2.47. The van der Waals surface area contributed by atoms with Crippen LogP contribution in [-0.4, -0.2) is 36.0 Å². The number of hydrogen-bond donors (Lipinski definition) is 2. The number of nitrogens with one attached hydrogen (secondary N) is 2. The van der Waals surface area contributed by atoms with Crippen LogP contribution in [0.5, 0.6) is 0 Å². The van der Waals surface area contributed by atoms with Crippen LogP contribution in [0.4, 0.5) is 8.78 Å². The van der Waals surface area contributed by atoms with Crippen LogP contribution in [0, 0.1) is 17.6 Å². The molecule has 0 saturated carbocycles. The Balaban J connectivity index is 1.60. The van der Waals surface area contributed by atoms with Crippen molar-refractivity contribution < 1.29 is 26.5 Å². The van der Waals surface area contributed by atoms with E-state index in [1.54, 1.807) is 24.5 Å². The third-order valence-corrected chi connectivity index (χ3v) is 5.91. The summed E-state index contributed by atoms with van der Waals surface area (Å²) in [5.41, 5.74) is 0.656. The molecule has 0 saturated heterocycles. The Hall–Kier alpha value is -3.25.